The molecule has 2 bridgehead atoms. The molecule has 0 spiro atoms. The number of hydrogen-bond acceptors (Lipinski definition) is 7. The van der Waals surface area contributed by atoms with Crippen molar-refractivity contribution in [2.75, 3.05) is 58.4 Å². The molecule has 4 fully saturated rings. The Morgan fingerprint density at radius 3 is 2.45 bits per heavy atom. The number of methoxy groups -OCH3 is 1. The van der Waals surface area contributed by atoms with Gasteiger partial charge in [-0.2, -0.15) is 0 Å². The largest absolute Gasteiger partial charge is 0.496 e. The molecule has 0 unspecified atom stereocenters. The summed E-state index contributed by atoms with van der Waals surface area (Å²) in [5.41, 5.74) is 5.98. The number of para-hydroxylation sites is 1. The van der Waals surface area contributed by atoms with Crippen LogP contribution < -0.4 is 20.3 Å². The number of amides is 2. The Kier molecular flexibility index (Phi) is 11.4. The second-order valence-corrected chi connectivity index (χ2v) is 17.1. The van der Waals surface area contributed by atoms with Crippen molar-refractivity contribution in [1.82, 2.24) is 20.4 Å². The van der Waals surface area contributed by atoms with Crippen molar-refractivity contribution in [3.63, 3.8) is 0 Å². The predicted octanol–water partition coefficient (Wildman–Crippen LogP) is 6.39. The number of carbonyl (C=O) groups excluding carboxylic acids is 2. The maximum Gasteiger partial charge on any atom is 0.251 e. The van der Waals surface area contributed by atoms with Crippen LogP contribution in [0.3, 0.4) is 0 Å². The third-order valence-electron chi connectivity index (χ3n) is 11.9. The molecule has 9 heteroatoms. The van der Waals surface area contributed by atoms with Crippen LogP contribution in [0.1, 0.15) is 55.1 Å². The third-order valence-corrected chi connectivity index (χ3v) is 13.0. The lowest BCUT2D eigenvalue weighted by molar-refractivity contribution is -0.136. The molecule has 1 aliphatic heterocycles. The summed E-state index contributed by atoms with van der Waals surface area (Å²) in [6.07, 6.45) is 3.13. The van der Waals surface area contributed by atoms with E-state index < -0.39 is 0 Å². The molecule has 3 aromatic rings. The lowest BCUT2D eigenvalue weighted by atomic mass is 9.45. The Balaban J connectivity index is 1.21. The van der Waals surface area contributed by atoms with Crippen molar-refractivity contribution in [1.29, 1.82) is 0 Å². The van der Waals surface area contributed by atoms with Gasteiger partial charge in [-0.15, -0.1) is 11.8 Å². The van der Waals surface area contributed by atoms with Gasteiger partial charge < -0.3 is 25.2 Å². The van der Waals surface area contributed by atoms with Gasteiger partial charge in [-0.3, -0.25) is 14.5 Å². The first-order valence-corrected chi connectivity index (χ1v) is 19.6. The number of nitrogens with one attached hydrogen (secondary N) is 2. The highest BCUT2D eigenvalue weighted by Gasteiger charge is 2.56. The molecule has 1 saturated heterocycles. The van der Waals surface area contributed by atoms with Crippen molar-refractivity contribution >= 4 is 29.3 Å². The van der Waals surface area contributed by atoms with E-state index in [1.165, 1.54) is 12.0 Å². The van der Waals surface area contributed by atoms with Gasteiger partial charge in [0.05, 0.1) is 13.2 Å². The van der Waals surface area contributed by atoms with Crippen LogP contribution in [0.15, 0.2) is 66.7 Å². The minimum absolute atomic E-state index is 0.0541. The topological polar surface area (TPSA) is 77.1 Å². The fourth-order valence-electron chi connectivity index (χ4n) is 8.82. The van der Waals surface area contributed by atoms with Crippen LogP contribution in [0.2, 0.25) is 0 Å². The molecule has 3 aliphatic carbocycles. The highest BCUT2D eigenvalue weighted by molar-refractivity contribution is 7.99. The van der Waals surface area contributed by atoms with Crippen molar-refractivity contribution in [3.05, 3.63) is 83.4 Å². The van der Waals surface area contributed by atoms with Crippen LogP contribution in [-0.4, -0.2) is 93.2 Å². The van der Waals surface area contributed by atoms with Crippen molar-refractivity contribution in [2.45, 2.75) is 64.7 Å². The number of fused-ring (bicyclic) bond motifs is 2. The van der Waals surface area contributed by atoms with Crippen molar-refractivity contribution in [2.24, 2.45) is 23.2 Å². The van der Waals surface area contributed by atoms with Crippen LogP contribution in [0.5, 0.6) is 5.75 Å². The SMILES string of the molecule is COc1c(CN2CSC[C@H]2C(=O)N[C@H]2C[C@@H]3C[C@H]([C@@H]2C)C3(C)C)cccc1-c1cc(C(=O)N[C@@H](Cc2ccccc2)CN(C)C)cc(N(C)C)c1. The molecule has 2 amide bonds. The summed E-state index contributed by atoms with van der Waals surface area (Å²) in [6, 6.07) is 22.6. The van der Waals surface area contributed by atoms with Crippen LogP contribution in [0.4, 0.5) is 5.69 Å². The monoisotopic (exact) mass is 711 g/mol. The summed E-state index contributed by atoms with van der Waals surface area (Å²) in [5.74, 6) is 4.30. The lowest BCUT2D eigenvalue weighted by Crippen LogP contribution is -2.62. The van der Waals surface area contributed by atoms with Gasteiger partial charge in [0.2, 0.25) is 5.91 Å². The van der Waals surface area contributed by atoms with E-state index in [1.807, 2.05) is 75.2 Å². The van der Waals surface area contributed by atoms with Crippen LogP contribution in [-0.2, 0) is 17.8 Å². The Morgan fingerprint density at radius 1 is 1.02 bits per heavy atom. The number of nitrogens with zero attached hydrogens (tertiary/aromatic N) is 3. The summed E-state index contributed by atoms with van der Waals surface area (Å²) in [6.45, 7) is 8.46. The zero-order valence-electron chi connectivity index (χ0n) is 31.7. The van der Waals surface area contributed by atoms with Gasteiger partial charge in [0.1, 0.15) is 5.75 Å². The zero-order chi connectivity index (χ0) is 36.4. The second kappa shape index (κ2) is 15.6. The van der Waals surface area contributed by atoms with Gasteiger partial charge in [0.25, 0.3) is 5.91 Å². The molecule has 7 rings (SSSR count). The molecule has 2 N–H and O–H groups in total. The molecular formula is C42H57N5O3S. The Bertz CT molecular complexity index is 1690. The van der Waals surface area contributed by atoms with E-state index in [-0.39, 0.29) is 29.9 Å². The van der Waals surface area contributed by atoms with Gasteiger partial charge in [-0.05, 0) is 85.9 Å². The van der Waals surface area contributed by atoms with E-state index >= 15 is 0 Å². The number of anilines is 1. The molecule has 51 heavy (non-hydrogen) atoms. The van der Waals surface area contributed by atoms with E-state index in [4.69, 9.17) is 4.74 Å². The first kappa shape index (κ1) is 37.2. The maximum atomic E-state index is 13.9. The number of likely N-dealkylation sites (N-methyl/N-ethyl adjacent to an activating group) is 1. The fourth-order valence-corrected chi connectivity index (χ4v) is 10.0. The fraction of sp³-hybridized carbons (Fsp3) is 0.524. The zero-order valence-corrected chi connectivity index (χ0v) is 32.6. The summed E-state index contributed by atoms with van der Waals surface area (Å²) in [4.78, 5) is 34.1. The average molecular weight is 712 g/mol. The first-order valence-electron chi connectivity index (χ1n) is 18.5. The molecule has 1 heterocycles. The molecule has 274 valence electrons. The molecular weight excluding hydrogens is 655 g/mol. The molecule has 3 aromatic carbocycles. The number of rotatable bonds is 13. The minimum Gasteiger partial charge on any atom is -0.496 e. The summed E-state index contributed by atoms with van der Waals surface area (Å²) in [7, 11) is 9.76. The molecule has 0 radical (unpaired) electrons. The number of ether oxygens (including phenoxy) is 1. The molecule has 3 saturated carbocycles. The van der Waals surface area contributed by atoms with Crippen LogP contribution in [0.25, 0.3) is 11.1 Å². The summed E-state index contributed by atoms with van der Waals surface area (Å²) in [5, 5.41) is 6.82. The standard InChI is InChI=1S/C42H57N5O3S/c1-27-36-21-32(42(36,2)3)22-37(27)44-41(49)38-25-51-26-47(38)23-29-15-12-16-35(39(29)50-8)30-18-31(20-34(19-30)46(6)7)40(48)43-33(24-45(4)5)17-28-13-10-9-11-14-28/h9-16,18-20,27,32-33,36-38H,17,21-26H2,1-8H3,(H,43,48)(H,44,49)/t27-,32-,33-,36+,37-,38-/m0/s1. The van der Waals surface area contributed by atoms with E-state index in [2.05, 4.69) is 77.6 Å². The quantitative estimate of drug-likeness (QED) is 0.213. The highest BCUT2D eigenvalue weighted by atomic mass is 32.2. The Morgan fingerprint density at radius 2 is 1.78 bits per heavy atom. The third kappa shape index (κ3) is 8.11. The molecule has 4 aliphatic rings. The van der Waals surface area contributed by atoms with Crippen LogP contribution >= 0.6 is 11.8 Å². The number of thioether (sulfide) groups is 1. The Hall–Kier alpha value is -3.53. The summed E-state index contributed by atoms with van der Waals surface area (Å²) < 4.78 is 6.13. The molecule has 8 nitrogen and oxygen atoms in total. The van der Waals surface area contributed by atoms with Gasteiger partial charge in [0, 0.05) is 73.3 Å². The number of carbonyl (C=O) groups is 2. The van der Waals surface area contributed by atoms with Gasteiger partial charge >= 0.3 is 0 Å². The number of hydrogen-bond donors (Lipinski definition) is 2. The van der Waals surface area contributed by atoms with Gasteiger partial charge in [0.15, 0.2) is 0 Å². The van der Waals surface area contributed by atoms with Gasteiger partial charge in [-0.25, -0.2) is 0 Å². The first-order chi connectivity index (χ1) is 24.3. The minimum atomic E-state index is -0.180. The normalized spacial score (nSPS) is 24.5. The Labute approximate surface area is 309 Å². The van der Waals surface area contributed by atoms with E-state index in [9.17, 15) is 9.59 Å². The maximum absolute atomic E-state index is 13.9. The van der Waals surface area contributed by atoms with Crippen LogP contribution in [0, 0.1) is 23.2 Å². The van der Waals surface area contributed by atoms with E-state index in [0.717, 1.165) is 59.1 Å². The molecule has 6 atom stereocenters. The van der Waals surface area contributed by atoms with E-state index in [1.54, 1.807) is 7.11 Å². The number of benzene rings is 3. The van der Waals surface area contributed by atoms with Gasteiger partial charge in [-0.1, -0.05) is 69.3 Å². The summed E-state index contributed by atoms with van der Waals surface area (Å²) >= 11 is 1.81. The smallest absolute Gasteiger partial charge is 0.251 e. The highest BCUT2D eigenvalue weighted by Crippen LogP contribution is 2.61. The molecule has 0 aromatic heterocycles. The van der Waals surface area contributed by atoms with Crippen molar-refractivity contribution < 1.29 is 14.3 Å². The lowest BCUT2D eigenvalue weighted by Gasteiger charge is -2.62. The van der Waals surface area contributed by atoms with E-state index in [0.29, 0.717) is 35.3 Å². The predicted molar refractivity (Wildman–Crippen MR) is 210 cm³/mol. The average Bonchev–Trinajstić information content (AvgIpc) is 3.57. The van der Waals surface area contributed by atoms with Crippen molar-refractivity contribution in [3.8, 4) is 16.9 Å². The second-order valence-electron chi connectivity index (χ2n) is 16.1.